The summed E-state index contributed by atoms with van der Waals surface area (Å²) in [6.07, 6.45) is 2.79. The van der Waals surface area contributed by atoms with Gasteiger partial charge < -0.3 is 4.74 Å². The number of hydrogen-bond donors (Lipinski definition) is 1. The number of carbonyl (C=O) groups is 1. The molecule has 134 valence electrons. The van der Waals surface area contributed by atoms with Gasteiger partial charge in [0.25, 0.3) is 0 Å². The lowest BCUT2D eigenvalue weighted by Gasteiger charge is -2.07. The molecule has 0 saturated heterocycles. The number of nitrogens with one attached hydrogen (secondary N) is 1. The fraction of sp³-hybridized carbons (Fsp3) is 0.0500. The third-order valence-electron chi connectivity index (χ3n) is 3.79. The Morgan fingerprint density at radius 3 is 2.81 bits per heavy atom. The van der Waals surface area contributed by atoms with Gasteiger partial charge in [-0.25, -0.2) is 9.78 Å². The molecule has 1 N–H and O–H groups in total. The molecule has 0 unspecified atom stereocenters. The minimum atomic E-state index is -0.522. The minimum Gasteiger partial charge on any atom is -0.444 e. The lowest BCUT2D eigenvalue weighted by Crippen LogP contribution is -2.13. The fourth-order valence-corrected chi connectivity index (χ4v) is 3.80. The second kappa shape index (κ2) is 7.85. The van der Waals surface area contributed by atoms with E-state index in [0.29, 0.717) is 5.69 Å². The first-order valence-corrected chi connectivity index (χ1v) is 9.77. The molecule has 0 radical (unpaired) electrons. The van der Waals surface area contributed by atoms with Crippen LogP contribution in [0.4, 0.5) is 10.5 Å². The van der Waals surface area contributed by atoms with Gasteiger partial charge in [0.05, 0.1) is 22.1 Å². The number of rotatable bonds is 4. The molecule has 0 fully saturated rings. The Morgan fingerprint density at radius 2 is 1.96 bits per heavy atom. The van der Waals surface area contributed by atoms with Crippen LogP contribution in [-0.4, -0.2) is 16.1 Å². The predicted molar refractivity (Wildman–Crippen MR) is 111 cm³/mol. The van der Waals surface area contributed by atoms with Crippen LogP contribution in [-0.2, 0) is 11.3 Å². The van der Waals surface area contributed by atoms with E-state index in [4.69, 9.17) is 4.74 Å². The van der Waals surface area contributed by atoms with Crippen molar-refractivity contribution in [2.45, 2.75) is 6.61 Å². The van der Waals surface area contributed by atoms with Crippen LogP contribution in [0, 0.1) is 0 Å². The summed E-state index contributed by atoms with van der Waals surface area (Å²) >= 11 is 5.04. The lowest BCUT2D eigenvalue weighted by atomic mass is 10.2. The number of ether oxygens (including phenoxy) is 1. The van der Waals surface area contributed by atoms with E-state index in [-0.39, 0.29) is 6.61 Å². The lowest BCUT2D eigenvalue weighted by molar-refractivity contribution is 0.155. The first kappa shape index (κ1) is 17.6. The Bertz CT molecular complexity index is 1100. The number of hydrogen-bond acceptors (Lipinski definition) is 5. The van der Waals surface area contributed by atoms with Crippen molar-refractivity contribution in [1.29, 1.82) is 0 Å². The summed E-state index contributed by atoms with van der Waals surface area (Å²) in [4.78, 5) is 20.9. The van der Waals surface area contributed by atoms with Gasteiger partial charge >= 0.3 is 6.09 Å². The van der Waals surface area contributed by atoms with Crippen molar-refractivity contribution >= 4 is 49.3 Å². The van der Waals surface area contributed by atoms with E-state index in [1.54, 1.807) is 23.7 Å². The van der Waals surface area contributed by atoms with Gasteiger partial charge in [0.2, 0.25) is 0 Å². The van der Waals surface area contributed by atoms with E-state index in [2.05, 4.69) is 31.2 Å². The Labute approximate surface area is 168 Å². The van der Waals surface area contributed by atoms with Crippen molar-refractivity contribution in [3.63, 3.8) is 0 Å². The zero-order valence-electron chi connectivity index (χ0n) is 14.1. The molecular weight excluding hydrogens is 426 g/mol. The topological polar surface area (TPSA) is 64.1 Å². The molecule has 0 bridgehead atoms. The molecule has 2 heterocycles. The van der Waals surface area contributed by atoms with Crippen molar-refractivity contribution in [2.24, 2.45) is 0 Å². The molecule has 0 atom stereocenters. The van der Waals surface area contributed by atoms with Crippen LogP contribution >= 0.6 is 27.3 Å². The van der Waals surface area contributed by atoms with E-state index in [1.807, 2.05) is 54.6 Å². The third-order valence-corrected chi connectivity index (χ3v) is 5.37. The van der Waals surface area contributed by atoms with Crippen LogP contribution in [0.1, 0.15) is 5.56 Å². The van der Waals surface area contributed by atoms with E-state index < -0.39 is 6.09 Å². The van der Waals surface area contributed by atoms with E-state index in [0.717, 1.165) is 30.8 Å². The fourth-order valence-electron chi connectivity index (χ4n) is 2.53. The Morgan fingerprint density at radius 1 is 1.11 bits per heavy atom. The van der Waals surface area contributed by atoms with Crippen LogP contribution in [0.5, 0.6) is 0 Å². The number of aromatic nitrogens is 2. The number of amides is 1. The van der Waals surface area contributed by atoms with Gasteiger partial charge in [-0.2, -0.15) is 0 Å². The molecule has 4 rings (SSSR count). The molecule has 0 aliphatic heterocycles. The highest BCUT2D eigenvalue weighted by Crippen LogP contribution is 2.32. The number of halogens is 1. The van der Waals surface area contributed by atoms with Gasteiger partial charge in [-0.05, 0) is 29.8 Å². The van der Waals surface area contributed by atoms with Crippen molar-refractivity contribution in [3.8, 4) is 10.6 Å². The van der Waals surface area contributed by atoms with Gasteiger partial charge in [-0.1, -0.05) is 46.3 Å². The zero-order chi connectivity index (χ0) is 18.6. The number of carbonyl (C=O) groups excluding carboxylic acids is 1. The molecule has 2 aromatic carbocycles. The smallest absolute Gasteiger partial charge is 0.412 e. The maximum atomic E-state index is 12.0. The molecule has 1 amide bonds. The van der Waals surface area contributed by atoms with Crippen molar-refractivity contribution in [1.82, 2.24) is 9.97 Å². The molecule has 0 aliphatic carbocycles. The molecule has 0 aliphatic rings. The first-order valence-electron chi connectivity index (χ1n) is 8.16. The highest BCUT2D eigenvalue weighted by Gasteiger charge is 2.10. The Kier molecular flexibility index (Phi) is 5.13. The predicted octanol–water partition coefficient (Wildman–Crippen LogP) is 5.87. The maximum absolute atomic E-state index is 12.0. The van der Waals surface area contributed by atoms with Crippen molar-refractivity contribution < 1.29 is 9.53 Å². The zero-order valence-corrected chi connectivity index (χ0v) is 16.5. The summed E-state index contributed by atoms with van der Waals surface area (Å²) in [6, 6.07) is 17.4. The van der Waals surface area contributed by atoms with Gasteiger partial charge in [-0.15, -0.1) is 11.3 Å². The van der Waals surface area contributed by atoms with Crippen LogP contribution < -0.4 is 5.32 Å². The minimum absolute atomic E-state index is 0.215. The summed E-state index contributed by atoms with van der Waals surface area (Å²) in [7, 11) is 0. The quantitative estimate of drug-likeness (QED) is 0.431. The first-order chi connectivity index (χ1) is 13.2. The summed E-state index contributed by atoms with van der Waals surface area (Å²) in [5, 5.41) is 3.56. The summed E-state index contributed by atoms with van der Waals surface area (Å²) in [5.41, 5.74) is 3.25. The molecule has 0 saturated carbocycles. The van der Waals surface area contributed by atoms with Gasteiger partial charge in [0, 0.05) is 16.2 Å². The van der Waals surface area contributed by atoms with Crippen LogP contribution in [0.25, 0.3) is 20.8 Å². The Hall–Kier alpha value is -2.77. The average molecular weight is 440 g/mol. The molecule has 2 aromatic heterocycles. The highest BCUT2D eigenvalue weighted by atomic mass is 79.9. The Balaban J connectivity index is 1.47. The number of pyridine rings is 1. The van der Waals surface area contributed by atoms with Gasteiger partial charge in [0.1, 0.15) is 11.6 Å². The van der Waals surface area contributed by atoms with Crippen molar-refractivity contribution in [3.05, 3.63) is 77.0 Å². The maximum Gasteiger partial charge on any atom is 0.412 e. The van der Waals surface area contributed by atoms with Crippen LogP contribution in [0.2, 0.25) is 0 Å². The number of anilines is 1. The summed E-state index contributed by atoms with van der Waals surface area (Å²) in [6.45, 7) is 0.215. The van der Waals surface area contributed by atoms with E-state index in [1.165, 1.54) is 0 Å². The second-order valence-corrected chi connectivity index (χ2v) is 7.73. The number of thiazole rings is 1. The van der Waals surface area contributed by atoms with Crippen LogP contribution in [0.3, 0.4) is 0 Å². The number of nitrogens with zero attached hydrogens (tertiary/aromatic N) is 2. The second-order valence-electron chi connectivity index (χ2n) is 5.78. The van der Waals surface area contributed by atoms with E-state index in [9.17, 15) is 4.79 Å². The SMILES string of the molecule is O=C(Nc1cncc(-c2nc3cc(Br)ccc3s2)c1)OCc1ccccc1. The standard InChI is InChI=1S/C20H14BrN3O2S/c21-15-6-7-18-17(9-15)24-19(27-18)14-8-16(11-22-10-14)23-20(25)26-12-13-4-2-1-3-5-13/h1-11H,12H2,(H,23,25). The molecular formula is C20H14BrN3O2S. The largest absolute Gasteiger partial charge is 0.444 e. The molecule has 0 spiro atoms. The van der Waals surface area contributed by atoms with E-state index >= 15 is 0 Å². The summed E-state index contributed by atoms with van der Waals surface area (Å²) < 4.78 is 7.32. The van der Waals surface area contributed by atoms with Gasteiger partial charge in [0.15, 0.2) is 0 Å². The number of benzene rings is 2. The normalized spacial score (nSPS) is 10.7. The van der Waals surface area contributed by atoms with Crippen molar-refractivity contribution in [2.75, 3.05) is 5.32 Å². The van der Waals surface area contributed by atoms with Crippen LogP contribution in [0.15, 0.2) is 71.5 Å². The average Bonchev–Trinajstić information content (AvgIpc) is 3.11. The molecule has 7 heteroatoms. The van der Waals surface area contributed by atoms with Gasteiger partial charge in [-0.3, -0.25) is 10.3 Å². The summed E-state index contributed by atoms with van der Waals surface area (Å²) in [5.74, 6) is 0. The molecule has 27 heavy (non-hydrogen) atoms. The number of fused-ring (bicyclic) bond motifs is 1. The molecule has 5 nitrogen and oxygen atoms in total. The molecule has 4 aromatic rings. The monoisotopic (exact) mass is 439 g/mol. The highest BCUT2D eigenvalue weighted by molar-refractivity contribution is 9.10. The third kappa shape index (κ3) is 4.32.